The van der Waals surface area contributed by atoms with E-state index in [1.165, 1.54) is 21.9 Å². The number of aryl methyl sites for hydroxylation is 1. The molecule has 4 aromatic rings. The Balaban J connectivity index is 1.67. The van der Waals surface area contributed by atoms with Crippen LogP contribution in [0.15, 0.2) is 91.0 Å². The van der Waals surface area contributed by atoms with E-state index in [9.17, 15) is 9.59 Å². The summed E-state index contributed by atoms with van der Waals surface area (Å²) in [6.07, 6.45) is 3.56. The highest BCUT2D eigenvalue weighted by molar-refractivity contribution is 6.25. The highest BCUT2D eigenvalue weighted by Crippen LogP contribution is 2.52. The fraction of sp³-hybridized carbons (Fsp3) is 0.200. The molecule has 0 heterocycles. The first-order valence-corrected chi connectivity index (χ1v) is 11.4. The van der Waals surface area contributed by atoms with Gasteiger partial charge in [0.15, 0.2) is 11.6 Å². The first-order chi connectivity index (χ1) is 15.7. The lowest BCUT2D eigenvalue weighted by atomic mass is 9.58. The number of carbonyl (C=O) groups is 2. The molecule has 32 heavy (non-hydrogen) atoms. The molecule has 0 fully saturated rings. The van der Waals surface area contributed by atoms with Gasteiger partial charge in [-0.2, -0.15) is 0 Å². The van der Waals surface area contributed by atoms with E-state index in [4.69, 9.17) is 0 Å². The van der Waals surface area contributed by atoms with Crippen molar-refractivity contribution >= 4 is 22.3 Å². The smallest absolute Gasteiger partial charge is 0.181 e. The Bertz CT molecular complexity index is 1300. The zero-order chi connectivity index (χ0) is 21.7. The highest BCUT2D eigenvalue weighted by Gasteiger charge is 2.52. The van der Waals surface area contributed by atoms with Crippen LogP contribution < -0.4 is 0 Å². The number of carbonyl (C=O) groups excluding carboxylic acids is 2. The van der Waals surface area contributed by atoms with Gasteiger partial charge in [0, 0.05) is 11.1 Å². The van der Waals surface area contributed by atoms with Crippen molar-refractivity contribution in [1.82, 2.24) is 0 Å². The van der Waals surface area contributed by atoms with E-state index in [1.54, 1.807) is 0 Å². The normalized spacial score (nSPS) is 18.3. The molecule has 0 radical (unpaired) electrons. The van der Waals surface area contributed by atoms with E-state index in [2.05, 4.69) is 30.3 Å². The first kappa shape index (κ1) is 19.2. The minimum absolute atomic E-state index is 0.0796. The van der Waals surface area contributed by atoms with Gasteiger partial charge in [-0.15, -0.1) is 0 Å². The van der Waals surface area contributed by atoms with Crippen LogP contribution in [0, 0.1) is 0 Å². The average Bonchev–Trinajstić information content (AvgIpc) is 2.87. The number of rotatable bonds is 4. The van der Waals surface area contributed by atoms with Crippen molar-refractivity contribution < 1.29 is 9.59 Å². The molecule has 0 bridgehead atoms. The van der Waals surface area contributed by atoms with Gasteiger partial charge in [0.1, 0.15) is 5.41 Å². The molecule has 2 heteroatoms. The quantitative estimate of drug-likeness (QED) is 0.275. The number of hydrogen-bond acceptors (Lipinski definition) is 2. The van der Waals surface area contributed by atoms with Gasteiger partial charge in [-0.25, -0.2) is 0 Å². The van der Waals surface area contributed by atoms with Crippen LogP contribution in [-0.4, -0.2) is 11.6 Å². The molecular weight excluding hydrogens is 392 g/mol. The van der Waals surface area contributed by atoms with Crippen LogP contribution in [0.2, 0.25) is 0 Å². The predicted octanol–water partition coefficient (Wildman–Crippen LogP) is 6.67. The van der Waals surface area contributed by atoms with E-state index >= 15 is 0 Å². The first-order valence-electron chi connectivity index (χ1n) is 11.4. The largest absolute Gasteiger partial charge is 0.293 e. The Morgan fingerprint density at radius 1 is 0.688 bits per heavy atom. The summed E-state index contributed by atoms with van der Waals surface area (Å²) in [6.45, 7) is 0. The number of ketones is 2. The Kier molecular flexibility index (Phi) is 4.36. The summed E-state index contributed by atoms with van der Waals surface area (Å²) in [6, 6.07) is 29.3. The predicted molar refractivity (Wildman–Crippen MR) is 127 cm³/mol. The molecule has 1 unspecified atom stereocenters. The molecule has 0 N–H and O–H groups in total. The summed E-state index contributed by atoms with van der Waals surface area (Å²) < 4.78 is 0. The highest BCUT2D eigenvalue weighted by atomic mass is 16.2. The van der Waals surface area contributed by atoms with Crippen LogP contribution in [-0.2, 0) is 11.8 Å². The maximum Gasteiger partial charge on any atom is 0.181 e. The monoisotopic (exact) mass is 416 g/mol. The van der Waals surface area contributed by atoms with Crippen molar-refractivity contribution in [3.63, 3.8) is 0 Å². The minimum Gasteiger partial charge on any atom is -0.293 e. The summed E-state index contributed by atoms with van der Waals surface area (Å²) in [5.74, 6) is 0.247. The molecule has 1 atom stereocenters. The third kappa shape index (κ3) is 2.65. The number of Topliss-reactive ketones (excluding diaryl/α,β-unsaturated/α-hetero) is 2. The SMILES string of the molecule is O=C(c1ccccc1)C1(C(=O)c2ccccc2)CCC2CCc3cccc4ccc1c2c34. The lowest BCUT2D eigenvalue weighted by Gasteiger charge is -2.42. The van der Waals surface area contributed by atoms with Crippen molar-refractivity contribution in [2.45, 2.75) is 37.0 Å². The molecule has 0 aliphatic heterocycles. The minimum atomic E-state index is -1.19. The van der Waals surface area contributed by atoms with Crippen molar-refractivity contribution in [2.24, 2.45) is 0 Å². The van der Waals surface area contributed by atoms with Crippen molar-refractivity contribution in [2.75, 3.05) is 0 Å². The maximum absolute atomic E-state index is 14.2. The van der Waals surface area contributed by atoms with E-state index < -0.39 is 5.41 Å². The van der Waals surface area contributed by atoms with Crippen LogP contribution in [0.4, 0.5) is 0 Å². The zero-order valence-corrected chi connectivity index (χ0v) is 17.9. The maximum atomic E-state index is 14.2. The number of hydrogen-bond donors (Lipinski definition) is 0. The molecule has 0 saturated carbocycles. The van der Waals surface area contributed by atoms with E-state index in [-0.39, 0.29) is 11.6 Å². The molecular formula is C30H24O2. The summed E-state index contributed by atoms with van der Waals surface area (Å²) in [5, 5.41) is 2.48. The van der Waals surface area contributed by atoms with Gasteiger partial charge in [0.25, 0.3) is 0 Å². The molecule has 0 aromatic heterocycles. The van der Waals surface area contributed by atoms with Gasteiger partial charge >= 0.3 is 0 Å². The molecule has 6 rings (SSSR count). The third-order valence-corrected chi connectivity index (χ3v) is 7.52. The average molecular weight is 417 g/mol. The molecule has 0 amide bonds. The van der Waals surface area contributed by atoms with Gasteiger partial charge in [0.2, 0.25) is 0 Å². The lowest BCUT2D eigenvalue weighted by Crippen LogP contribution is -2.47. The molecule has 4 aromatic carbocycles. The summed E-state index contributed by atoms with van der Waals surface area (Å²) in [4.78, 5) is 28.4. The Morgan fingerprint density at radius 2 is 1.34 bits per heavy atom. The third-order valence-electron chi connectivity index (χ3n) is 7.52. The molecule has 2 nitrogen and oxygen atoms in total. The molecule has 2 aliphatic carbocycles. The van der Waals surface area contributed by atoms with Gasteiger partial charge < -0.3 is 0 Å². The Hall–Kier alpha value is -3.52. The van der Waals surface area contributed by atoms with Crippen molar-refractivity contribution in [3.8, 4) is 0 Å². The van der Waals surface area contributed by atoms with Crippen LogP contribution in [0.3, 0.4) is 0 Å². The topological polar surface area (TPSA) is 34.1 Å². The standard InChI is InChI=1S/C30H24O2/c31-28(23-8-3-1-4-9-23)30(29(32)24-10-5-2-6-11-24)19-18-22-15-14-20-12-7-13-21-16-17-25(30)27(22)26(20)21/h1-13,16-17,22H,14-15,18-19H2. The summed E-state index contributed by atoms with van der Waals surface area (Å²) >= 11 is 0. The van der Waals surface area contributed by atoms with Crippen molar-refractivity contribution in [3.05, 3.63) is 119 Å². The van der Waals surface area contributed by atoms with E-state index in [0.29, 0.717) is 23.5 Å². The zero-order valence-electron chi connectivity index (χ0n) is 17.9. The van der Waals surface area contributed by atoms with Crippen LogP contribution in [0.25, 0.3) is 10.8 Å². The number of benzene rings is 4. The molecule has 0 saturated heterocycles. The van der Waals surface area contributed by atoms with E-state index in [1.807, 2.05) is 60.7 Å². The van der Waals surface area contributed by atoms with Crippen LogP contribution in [0.1, 0.15) is 62.6 Å². The Morgan fingerprint density at radius 3 is 2.00 bits per heavy atom. The molecule has 156 valence electrons. The second-order valence-corrected chi connectivity index (χ2v) is 9.11. The fourth-order valence-corrected chi connectivity index (χ4v) is 6.02. The second-order valence-electron chi connectivity index (χ2n) is 9.11. The molecule has 2 aliphatic rings. The summed E-state index contributed by atoms with van der Waals surface area (Å²) in [7, 11) is 0. The lowest BCUT2D eigenvalue weighted by molar-refractivity contribution is 0.0735. The van der Waals surface area contributed by atoms with Gasteiger partial charge in [0.05, 0.1) is 0 Å². The van der Waals surface area contributed by atoms with Gasteiger partial charge in [-0.1, -0.05) is 91.0 Å². The fourth-order valence-electron chi connectivity index (χ4n) is 6.02. The second kappa shape index (κ2) is 7.27. The van der Waals surface area contributed by atoms with Crippen LogP contribution >= 0.6 is 0 Å². The van der Waals surface area contributed by atoms with Gasteiger partial charge in [-0.05, 0) is 59.1 Å². The Labute approximate surface area is 187 Å². The van der Waals surface area contributed by atoms with Crippen LogP contribution in [0.5, 0.6) is 0 Å². The molecule has 0 spiro atoms. The summed E-state index contributed by atoms with van der Waals surface area (Å²) in [5.41, 5.74) is 3.52. The van der Waals surface area contributed by atoms with Gasteiger partial charge in [-0.3, -0.25) is 9.59 Å². The van der Waals surface area contributed by atoms with E-state index in [0.717, 1.165) is 24.8 Å². The van der Waals surface area contributed by atoms with Crippen molar-refractivity contribution in [1.29, 1.82) is 0 Å².